The quantitative estimate of drug-likeness (QED) is 0.767. The van der Waals surface area contributed by atoms with Gasteiger partial charge in [0.2, 0.25) is 0 Å². The molecule has 84 valence electrons. The molecule has 5 heteroatoms. The van der Waals surface area contributed by atoms with Crippen molar-refractivity contribution in [3.63, 3.8) is 0 Å². The Labute approximate surface area is 98.5 Å². The second-order valence-electron chi connectivity index (χ2n) is 3.24. The van der Waals surface area contributed by atoms with Crippen molar-refractivity contribution in [3.8, 4) is 6.07 Å². The number of rotatable bonds is 5. The van der Waals surface area contributed by atoms with Crippen LogP contribution < -0.4 is 5.32 Å². The van der Waals surface area contributed by atoms with Crippen LogP contribution in [-0.2, 0) is 11.3 Å². The average Bonchev–Trinajstić information content (AvgIpc) is 2.25. The van der Waals surface area contributed by atoms with Crippen LogP contribution in [0, 0.1) is 11.3 Å². The van der Waals surface area contributed by atoms with Gasteiger partial charge in [-0.15, -0.1) is 0 Å². The van der Waals surface area contributed by atoms with Crippen molar-refractivity contribution in [1.82, 2.24) is 5.32 Å². The van der Waals surface area contributed by atoms with Gasteiger partial charge in [0.25, 0.3) is 0 Å². The van der Waals surface area contributed by atoms with E-state index in [0.717, 1.165) is 5.56 Å². The number of aliphatic carboxylic acids is 1. The maximum Gasteiger partial charge on any atom is 0.304 e. The van der Waals surface area contributed by atoms with Crippen LogP contribution in [0.4, 0.5) is 0 Å². The molecule has 0 amide bonds. The topological polar surface area (TPSA) is 73.1 Å². The highest BCUT2D eigenvalue weighted by atomic mass is 35.5. The fraction of sp³-hybridized carbons (Fsp3) is 0.273. The zero-order valence-corrected chi connectivity index (χ0v) is 9.29. The van der Waals surface area contributed by atoms with E-state index < -0.39 is 5.97 Å². The largest absolute Gasteiger partial charge is 0.481 e. The molecule has 0 atom stereocenters. The van der Waals surface area contributed by atoms with E-state index >= 15 is 0 Å². The van der Waals surface area contributed by atoms with Crippen molar-refractivity contribution in [2.75, 3.05) is 6.54 Å². The van der Waals surface area contributed by atoms with E-state index in [1.807, 2.05) is 6.07 Å². The maximum absolute atomic E-state index is 10.3. The molecule has 2 N–H and O–H groups in total. The Morgan fingerprint density at radius 2 is 2.31 bits per heavy atom. The SMILES string of the molecule is N#Cc1ccc(CNCCC(=O)O)c(Cl)c1. The molecule has 0 aliphatic carbocycles. The van der Waals surface area contributed by atoms with E-state index in [9.17, 15) is 4.79 Å². The van der Waals surface area contributed by atoms with E-state index in [0.29, 0.717) is 23.7 Å². The number of hydrogen-bond acceptors (Lipinski definition) is 3. The maximum atomic E-state index is 10.3. The number of nitrogens with zero attached hydrogens (tertiary/aromatic N) is 1. The van der Waals surface area contributed by atoms with Gasteiger partial charge in [0.15, 0.2) is 0 Å². The number of hydrogen-bond donors (Lipinski definition) is 2. The Kier molecular flexibility index (Phi) is 4.77. The Morgan fingerprint density at radius 3 is 2.88 bits per heavy atom. The van der Waals surface area contributed by atoms with Crippen LogP contribution in [0.15, 0.2) is 18.2 Å². The minimum absolute atomic E-state index is 0.0773. The van der Waals surface area contributed by atoms with Crippen molar-refractivity contribution >= 4 is 17.6 Å². The number of nitriles is 1. The minimum Gasteiger partial charge on any atom is -0.481 e. The second kappa shape index (κ2) is 6.11. The number of halogens is 1. The van der Waals surface area contributed by atoms with Crippen molar-refractivity contribution in [3.05, 3.63) is 34.3 Å². The lowest BCUT2D eigenvalue weighted by molar-refractivity contribution is -0.136. The van der Waals surface area contributed by atoms with Crippen LogP contribution in [0.25, 0.3) is 0 Å². The van der Waals surface area contributed by atoms with Crippen molar-refractivity contribution in [1.29, 1.82) is 5.26 Å². The molecule has 0 heterocycles. The minimum atomic E-state index is -0.835. The lowest BCUT2D eigenvalue weighted by Crippen LogP contribution is -2.17. The summed E-state index contributed by atoms with van der Waals surface area (Å²) in [5.74, 6) is -0.835. The Bertz CT molecular complexity index is 426. The highest BCUT2D eigenvalue weighted by molar-refractivity contribution is 6.31. The fourth-order valence-electron chi connectivity index (χ4n) is 1.18. The summed E-state index contributed by atoms with van der Waals surface area (Å²) >= 11 is 5.94. The van der Waals surface area contributed by atoms with E-state index in [2.05, 4.69) is 5.32 Å². The smallest absolute Gasteiger partial charge is 0.304 e. The summed E-state index contributed by atoms with van der Waals surface area (Å²) in [4.78, 5) is 10.3. The van der Waals surface area contributed by atoms with Gasteiger partial charge >= 0.3 is 5.97 Å². The first-order valence-electron chi connectivity index (χ1n) is 4.74. The third-order valence-electron chi connectivity index (χ3n) is 2.01. The van der Waals surface area contributed by atoms with Gasteiger partial charge in [-0.3, -0.25) is 4.79 Å². The number of benzene rings is 1. The predicted molar refractivity (Wildman–Crippen MR) is 60.1 cm³/mol. The normalized spacial score (nSPS) is 9.75. The van der Waals surface area contributed by atoms with Crippen LogP contribution in [0.5, 0.6) is 0 Å². The molecule has 0 saturated carbocycles. The first kappa shape index (κ1) is 12.5. The summed E-state index contributed by atoms with van der Waals surface area (Å²) in [5.41, 5.74) is 1.37. The lowest BCUT2D eigenvalue weighted by Gasteiger charge is -2.05. The van der Waals surface area contributed by atoms with Crippen molar-refractivity contribution in [2.45, 2.75) is 13.0 Å². The molecule has 0 aliphatic heterocycles. The Balaban J connectivity index is 2.49. The molecule has 0 radical (unpaired) electrons. The molecule has 1 aromatic carbocycles. The third-order valence-corrected chi connectivity index (χ3v) is 2.37. The first-order chi connectivity index (χ1) is 7.63. The first-order valence-corrected chi connectivity index (χ1v) is 5.12. The van der Waals surface area contributed by atoms with E-state index in [-0.39, 0.29) is 6.42 Å². The number of carboxylic acid groups (broad SMARTS) is 1. The number of nitrogens with one attached hydrogen (secondary N) is 1. The molecule has 0 fully saturated rings. The molecule has 0 aromatic heterocycles. The average molecular weight is 239 g/mol. The molecule has 1 rings (SSSR count). The molecule has 4 nitrogen and oxygen atoms in total. The van der Waals surface area contributed by atoms with Gasteiger partial charge in [-0.25, -0.2) is 0 Å². The Hall–Kier alpha value is -1.57. The second-order valence-corrected chi connectivity index (χ2v) is 3.65. The van der Waals surface area contributed by atoms with Gasteiger partial charge in [-0.2, -0.15) is 5.26 Å². The lowest BCUT2D eigenvalue weighted by atomic mass is 10.1. The Morgan fingerprint density at radius 1 is 1.56 bits per heavy atom. The van der Waals surface area contributed by atoms with Gasteiger partial charge in [0.05, 0.1) is 18.1 Å². The zero-order chi connectivity index (χ0) is 12.0. The fourth-order valence-corrected chi connectivity index (χ4v) is 1.43. The third kappa shape index (κ3) is 3.89. The number of carbonyl (C=O) groups is 1. The van der Waals surface area contributed by atoms with Crippen LogP contribution in [0.2, 0.25) is 5.02 Å². The molecule has 0 aliphatic rings. The monoisotopic (exact) mass is 238 g/mol. The number of carboxylic acids is 1. The summed E-state index contributed by atoms with van der Waals surface area (Å²) in [5, 5.41) is 20.5. The molecule has 0 unspecified atom stereocenters. The summed E-state index contributed by atoms with van der Waals surface area (Å²) in [7, 11) is 0. The van der Waals surface area contributed by atoms with Gasteiger partial charge in [0, 0.05) is 18.1 Å². The van der Waals surface area contributed by atoms with Crippen LogP contribution in [0.3, 0.4) is 0 Å². The van der Waals surface area contributed by atoms with Crippen LogP contribution >= 0.6 is 11.6 Å². The van der Waals surface area contributed by atoms with E-state index in [1.165, 1.54) is 0 Å². The van der Waals surface area contributed by atoms with Crippen LogP contribution in [0.1, 0.15) is 17.5 Å². The molecule has 0 bridgehead atoms. The summed E-state index contributed by atoms with van der Waals surface area (Å²) in [6.45, 7) is 0.892. The summed E-state index contributed by atoms with van der Waals surface area (Å²) in [6.07, 6.45) is 0.0773. The molecule has 0 spiro atoms. The van der Waals surface area contributed by atoms with Crippen molar-refractivity contribution in [2.24, 2.45) is 0 Å². The van der Waals surface area contributed by atoms with Crippen LogP contribution in [-0.4, -0.2) is 17.6 Å². The van der Waals surface area contributed by atoms with E-state index in [1.54, 1.807) is 18.2 Å². The zero-order valence-electron chi connectivity index (χ0n) is 8.53. The van der Waals surface area contributed by atoms with Crippen molar-refractivity contribution < 1.29 is 9.90 Å². The molecular formula is C11H11ClN2O2. The highest BCUT2D eigenvalue weighted by Crippen LogP contribution is 2.17. The molecule has 16 heavy (non-hydrogen) atoms. The standard InChI is InChI=1S/C11H11ClN2O2/c12-10-5-8(6-13)1-2-9(10)7-14-4-3-11(15)16/h1-2,5,14H,3-4,7H2,(H,15,16). The molecular weight excluding hydrogens is 228 g/mol. The van der Waals surface area contributed by atoms with Gasteiger partial charge < -0.3 is 10.4 Å². The van der Waals surface area contributed by atoms with Gasteiger partial charge in [0.1, 0.15) is 0 Å². The van der Waals surface area contributed by atoms with Gasteiger partial charge in [-0.1, -0.05) is 17.7 Å². The van der Waals surface area contributed by atoms with E-state index in [4.69, 9.17) is 22.0 Å². The predicted octanol–water partition coefficient (Wildman–Crippen LogP) is 1.78. The molecule has 1 aromatic rings. The molecule has 0 saturated heterocycles. The highest BCUT2D eigenvalue weighted by Gasteiger charge is 2.02. The summed E-state index contributed by atoms with van der Waals surface area (Å²) < 4.78 is 0. The van der Waals surface area contributed by atoms with Gasteiger partial charge in [-0.05, 0) is 17.7 Å². The summed E-state index contributed by atoms with van der Waals surface area (Å²) in [6, 6.07) is 7.03.